The topological polar surface area (TPSA) is 47.7 Å². The minimum absolute atomic E-state index is 0.420. The fraction of sp³-hybridized carbons (Fsp3) is 0.600. The Kier molecular flexibility index (Phi) is 5.05. The van der Waals surface area contributed by atoms with Crippen molar-refractivity contribution in [3.8, 4) is 5.75 Å². The third-order valence-corrected chi connectivity index (χ3v) is 3.65. The van der Waals surface area contributed by atoms with Gasteiger partial charge in [-0.15, -0.1) is 0 Å². The van der Waals surface area contributed by atoms with Gasteiger partial charge in [-0.3, -0.25) is 4.90 Å². The Labute approximate surface area is 115 Å². The number of hydrogen-bond donors (Lipinski definition) is 1. The molecule has 2 rings (SSSR count). The summed E-state index contributed by atoms with van der Waals surface area (Å²) in [6.07, 6.45) is 2.62. The summed E-state index contributed by atoms with van der Waals surface area (Å²) in [7, 11) is 1.80. The number of nitrogens with two attached hydrogens (primary N) is 1. The molecule has 1 aromatic rings. The van der Waals surface area contributed by atoms with Gasteiger partial charge < -0.3 is 15.2 Å². The lowest BCUT2D eigenvalue weighted by molar-refractivity contribution is 0.0386. The Morgan fingerprint density at radius 1 is 1.32 bits per heavy atom. The third kappa shape index (κ3) is 3.85. The van der Waals surface area contributed by atoms with Crippen molar-refractivity contribution in [3.05, 3.63) is 23.8 Å². The molecular formula is C15H24N2O2. The Bertz CT molecular complexity index is 401. The van der Waals surface area contributed by atoms with E-state index in [0.29, 0.717) is 12.7 Å². The second-order valence-electron chi connectivity index (χ2n) is 5.01. The molecule has 0 atom stereocenters. The Balaban J connectivity index is 2.00. The molecule has 0 aromatic heterocycles. The van der Waals surface area contributed by atoms with E-state index in [1.807, 2.05) is 25.1 Å². The molecule has 0 aliphatic carbocycles. The van der Waals surface area contributed by atoms with Crippen LogP contribution in [0.15, 0.2) is 18.2 Å². The zero-order valence-electron chi connectivity index (χ0n) is 11.9. The number of nitrogen functional groups attached to an aromatic ring is 1. The molecule has 1 aromatic carbocycles. The summed E-state index contributed by atoms with van der Waals surface area (Å²) in [6, 6.07) is 5.88. The number of hydrogen-bond acceptors (Lipinski definition) is 4. The predicted octanol–water partition coefficient (Wildman–Crippen LogP) is 2.28. The molecule has 0 amide bonds. The van der Waals surface area contributed by atoms with Gasteiger partial charge in [-0.05, 0) is 38.0 Å². The first kappa shape index (κ1) is 14.2. The minimum atomic E-state index is 0.420. The molecule has 0 bridgehead atoms. The third-order valence-electron chi connectivity index (χ3n) is 3.65. The first-order valence-electron chi connectivity index (χ1n) is 6.99. The van der Waals surface area contributed by atoms with Crippen LogP contribution in [-0.4, -0.2) is 37.8 Å². The molecule has 4 heteroatoms. The van der Waals surface area contributed by atoms with Crippen LogP contribution in [0, 0.1) is 0 Å². The number of nitrogens with zero attached hydrogens (tertiary/aromatic N) is 1. The van der Waals surface area contributed by atoms with Crippen LogP contribution >= 0.6 is 0 Å². The van der Waals surface area contributed by atoms with E-state index >= 15 is 0 Å². The fourth-order valence-corrected chi connectivity index (χ4v) is 2.56. The molecule has 106 valence electrons. The van der Waals surface area contributed by atoms with E-state index < -0.39 is 0 Å². The number of piperidine rings is 1. The zero-order chi connectivity index (χ0) is 13.7. The highest BCUT2D eigenvalue weighted by Crippen LogP contribution is 2.24. The quantitative estimate of drug-likeness (QED) is 0.829. The first-order chi connectivity index (χ1) is 9.22. The second kappa shape index (κ2) is 6.78. The molecule has 4 nitrogen and oxygen atoms in total. The summed E-state index contributed by atoms with van der Waals surface area (Å²) < 4.78 is 11.1. The molecular weight excluding hydrogens is 240 g/mol. The van der Waals surface area contributed by atoms with E-state index in [1.54, 1.807) is 7.11 Å². The van der Waals surface area contributed by atoms with E-state index in [9.17, 15) is 0 Å². The first-order valence-corrected chi connectivity index (χ1v) is 6.99. The van der Waals surface area contributed by atoms with E-state index in [1.165, 1.54) is 5.56 Å². The van der Waals surface area contributed by atoms with Crippen LogP contribution in [0.2, 0.25) is 0 Å². The lowest BCUT2D eigenvalue weighted by atomic mass is 10.1. The van der Waals surface area contributed by atoms with Crippen LogP contribution < -0.4 is 10.5 Å². The zero-order valence-corrected chi connectivity index (χ0v) is 11.9. The highest BCUT2D eigenvalue weighted by atomic mass is 16.5. The maximum atomic E-state index is 5.88. The van der Waals surface area contributed by atoms with Crippen molar-refractivity contribution in [2.75, 3.05) is 32.5 Å². The van der Waals surface area contributed by atoms with Crippen molar-refractivity contribution in [2.24, 2.45) is 0 Å². The largest absolute Gasteiger partial charge is 0.494 e. The molecule has 0 spiro atoms. The molecule has 1 heterocycles. The smallest absolute Gasteiger partial charge is 0.123 e. The van der Waals surface area contributed by atoms with Crippen molar-refractivity contribution in [1.29, 1.82) is 0 Å². The molecule has 0 radical (unpaired) electrons. The van der Waals surface area contributed by atoms with Crippen LogP contribution in [-0.2, 0) is 11.3 Å². The van der Waals surface area contributed by atoms with Gasteiger partial charge in [0.05, 0.1) is 12.7 Å². The van der Waals surface area contributed by atoms with Gasteiger partial charge in [0.15, 0.2) is 0 Å². The summed E-state index contributed by atoms with van der Waals surface area (Å²) in [5.41, 5.74) is 7.85. The summed E-state index contributed by atoms with van der Waals surface area (Å²) in [4.78, 5) is 2.44. The van der Waals surface area contributed by atoms with Crippen molar-refractivity contribution in [2.45, 2.75) is 32.4 Å². The van der Waals surface area contributed by atoms with E-state index in [4.69, 9.17) is 15.2 Å². The molecule has 0 unspecified atom stereocenters. The Hall–Kier alpha value is -1.26. The highest BCUT2D eigenvalue weighted by Gasteiger charge is 2.19. The van der Waals surface area contributed by atoms with Gasteiger partial charge in [0.25, 0.3) is 0 Å². The number of ether oxygens (including phenoxy) is 2. The van der Waals surface area contributed by atoms with Crippen molar-refractivity contribution < 1.29 is 9.47 Å². The molecule has 1 aliphatic heterocycles. The standard InChI is InChI=1S/C15H24N2O2/c1-3-19-15-5-4-13(16)10-12(15)11-17-8-6-14(18-2)7-9-17/h4-5,10,14H,3,6-9,11,16H2,1-2H3. The monoisotopic (exact) mass is 264 g/mol. The SMILES string of the molecule is CCOc1ccc(N)cc1CN1CCC(OC)CC1. The maximum Gasteiger partial charge on any atom is 0.123 e. The van der Waals surface area contributed by atoms with Gasteiger partial charge in [0.2, 0.25) is 0 Å². The van der Waals surface area contributed by atoms with Gasteiger partial charge in [-0.1, -0.05) is 0 Å². The van der Waals surface area contributed by atoms with Gasteiger partial charge in [0, 0.05) is 38.0 Å². The predicted molar refractivity (Wildman–Crippen MR) is 77.3 cm³/mol. The van der Waals surface area contributed by atoms with Crippen LogP contribution in [0.1, 0.15) is 25.3 Å². The van der Waals surface area contributed by atoms with E-state index in [-0.39, 0.29) is 0 Å². The van der Waals surface area contributed by atoms with Crippen LogP contribution in [0.25, 0.3) is 0 Å². The van der Waals surface area contributed by atoms with Crippen LogP contribution in [0.4, 0.5) is 5.69 Å². The number of methoxy groups -OCH3 is 1. The summed E-state index contributed by atoms with van der Waals surface area (Å²) in [6.45, 7) is 5.72. The molecule has 19 heavy (non-hydrogen) atoms. The Morgan fingerprint density at radius 2 is 2.05 bits per heavy atom. The number of benzene rings is 1. The lowest BCUT2D eigenvalue weighted by Crippen LogP contribution is -2.36. The van der Waals surface area contributed by atoms with Crippen molar-refractivity contribution >= 4 is 5.69 Å². The van der Waals surface area contributed by atoms with Gasteiger partial charge >= 0.3 is 0 Å². The average molecular weight is 264 g/mol. The molecule has 0 saturated carbocycles. The number of likely N-dealkylation sites (tertiary alicyclic amines) is 1. The average Bonchev–Trinajstić information content (AvgIpc) is 2.43. The van der Waals surface area contributed by atoms with Gasteiger partial charge in [0.1, 0.15) is 5.75 Å². The fourth-order valence-electron chi connectivity index (χ4n) is 2.56. The summed E-state index contributed by atoms with van der Waals surface area (Å²) in [5.74, 6) is 0.950. The molecule has 1 fully saturated rings. The van der Waals surface area contributed by atoms with Gasteiger partial charge in [-0.25, -0.2) is 0 Å². The maximum absolute atomic E-state index is 5.88. The van der Waals surface area contributed by atoms with Crippen LogP contribution in [0.3, 0.4) is 0 Å². The number of rotatable bonds is 5. The van der Waals surface area contributed by atoms with Crippen molar-refractivity contribution in [3.63, 3.8) is 0 Å². The molecule has 2 N–H and O–H groups in total. The van der Waals surface area contributed by atoms with Gasteiger partial charge in [-0.2, -0.15) is 0 Å². The summed E-state index contributed by atoms with van der Waals surface area (Å²) in [5, 5.41) is 0. The molecule has 1 aliphatic rings. The normalized spacial score (nSPS) is 17.6. The highest BCUT2D eigenvalue weighted by molar-refractivity contribution is 5.47. The van der Waals surface area contributed by atoms with E-state index in [0.717, 1.165) is 43.9 Å². The van der Waals surface area contributed by atoms with Crippen molar-refractivity contribution in [1.82, 2.24) is 4.90 Å². The minimum Gasteiger partial charge on any atom is -0.494 e. The molecule has 1 saturated heterocycles. The summed E-state index contributed by atoms with van der Waals surface area (Å²) >= 11 is 0. The number of anilines is 1. The van der Waals surface area contributed by atoms with Crippen LogP contribution in [0.5, 0.6) is 5.75 Å². The Morgan fingerprint density at radius 3 is 2.68 bits per heavy atom. The lowest BCUT2D eigenvalue weighted by Gasteiger charge is -2.31. The second-order valence-corrected chi connectivity index (χ2v) is 5.01. The van der Waals surface area contributed by atoms with E-state index in [2.05, 4.69) is 4.90 Å².